The number of methoxy groups -OCH3 is 1. The van der Waals surface area contributed by atoms with E-state index in [1.807, 2.05) is 0 Å². The fourth-order valence-corrected chi connectivity index (χ4v) is 2.95. The molecular formula is C14H15NO5S. The van der Waals surface area contributed by atoms with Crippen LogP contribution in [-0.2, 0) is 16.6 Å². The minimum atomic E-state index is -3.82. The number of sulfonamides is 1. The topological polar surface area (TPSA) is 85.6 Å². The number of hydrogen-bond acceptors (Lipinski definition) is 5. The van der Waals surface area contributed by atoms with E-state index in [0.29, 0.717) is 11.3 Å². The Bertz CT molecular complexity index is 735. The summed E-state index contributed by atoms with van der Waals surface area (Å²) in [4.78, 5) is 11.3. The smallest absolute Gasteiger partial charge is 0.244 e. The number of rotatable bonds is 6. The van der Waals surface area contributed by atoms with Crippen LogP contribution in [0.15, 0.2) is 45.9 Å². The molecule has 0 aliphatic carbocycles. The number of carbonyl (C=O) groups excluding carboxylic acids is 1. The van der Waals surface area contributed by atoms with Gasteiger partial charge >= 0.3 is 0 Å². The number of nitrogens with one attached hydrogen (secondary N) is 1. The van der Waals surface area contributed by atoms with Gasteiger partial charge in [0.2, 0.25) is 10.0 Å². The predicted octanol–water partition coefficient (Wildman–Crippen LogP) is 1.97. The highest BCUT2D eigenvalue weighted by Crippen LogP contribution is 2.25. The van der Waals surface area contributed by atoms with Gasteiger partial charge in [0, 0.05) is 5.56 Å². The van der Waals surface area contributed by atoms with Crippen molar-refractivity contribution in [3.05, 3.63) is 47.9 Å². The molecule has 1 aromatic heterocycles. The van der Waals surface area contributed by atoms with E-state index in [4.69, 9.17) is 9.15 Å². The third kappa shape index (κ3) is 3.50. The third-order valence-electron chi connectivity index (χ3n) is 2.88. The summed E-state index contributed by atoms with van der Waals surface area (Å²) in [5.41, 5.74) is 0.300. The molecule has 0 radical (unpaired) electrons. The average molecular weight is 309 g/mol. The summed E-state index contributed by atoms with van der Waals surface area (Å²) in [6.07, 6.45) is 1.46. The van der Waals surface area contributed by atoms with Crippen LogP contribution in [0.5, 0.6) is 5.75 Å². The first kappa shape index (κ1) is 15.3. The quantitative estimate of drug-likeness (QED) is 0.825. The fourth-order valence-electron chi connectivity index (χ4n) is 1.76. The monoisotopic (exact) mass is 309 g/mol. The van der Waals surface area contributed by atoms with Crippen LogP contribution in [0, 0.1) is 0 Å². The molecule has 1 aromatic carbocycles. The van der Waals surface area contributed by atoms with Gasteiger partial charge in [-0.2, -0.15) is 0 Å². The molecule has 0 unspecified atom stereocenters. The molecule has 1 N–H and O–H groups in total. The summed E-state index contributed by atoms with van der Waals surface area (Å²) in [6, 6.07) is 7.60. The van der Waals surface area contributed by atoms with E-state index in [2.05, 4.69) is 4.72 Å². The van der Waals surface area contributed by atoms with Crippen molar-refractivity contribution in [3.63, 3.8) is 0 Å². The van der Waals surface area contributed by atoms with Crippen LogP contribution in [0.2, 0.25) is 0 Å². The van der Waals surface area contributed by atoms with Gasteiger partial charge in [-0.05, 0) is 37.3 Å². The maximum atomic E-state index is 12.3. The first-order valence-electron chi connectivity index (χ1n) is 6.15. The Morgan fingerprint density at radius 2 is 2.10 bits per heavy atom. The van der Waals surface area contributed by atoms with Crippen molar-refractivity contribution in [2.75, 3.05) is 7.11 Å². The van der Waals surface area contributed by atoms with E-state index in [1.165, 1.54) is 38.5 Å². The van der Waals surface area contributed by atoms with Crippen LogP contribution >= 0.6 is 0 Å². The molecule has 1 heterocycles. The summed E-state index contributed by atoms with van der Waals surface area (Å²) < 4.78 is 37.2. The molecule has 0 atom stereocenters. The third-order valence-corrected chi connectivity index (χ3v) is 4.30. The van der Waals surface area contributed by atoms with Gasteiger partial charge in [0.15, 0.2) is 5.78 Å². The molecule has 0 fully saturated rings. The van der Waals surface area contributed by atoms with E-state index >= 15 is 0 Å². The number of ketones is 1. The molecule has 0 saturated carbocycles. The van der Waals surface area contributed by atoms with Crippen LogP contribution in [-0.4, -0.2) is 21.3 Å². The van der Waals surface area contributed by atoms with Crippen LogP contribution in [0.1, 0.15) is 23.0 Å². The second kappa shape index (κ2) is 6.11. The number of hydrogen-bond donors (Lipinski definition) is 1. The van der Waals surface area contributed by atoms with Crippen LogP contribution in [0.4, 0.5) is 0 Å². The summed E-state index contributed by atoms with van der Waals surface area (Å²) in [6.45, 7) is 1.39. The van der Waals surface area contributed by atoms with Gasteiger partial charge in [-0.3, -0.25) is 4.79 Å². The van der Waals surface area contributed by atoms with Crippen molar-refractivity contribution >= 4 is 15.8 Å². The number of ether oxygens (including phenoxy) is 1. The highest BCUT2D eigenvalue weighted by Gasteiger charge is 2.21. The highest BCUT2D eigenvalue weighted by atomic mass is 32.2. The van der Waals surface area contributed by atoms with E-state index in [9.17, 15) is 13.2 Å². The van der Waals surface area contributed by atoms with Gasteiger partial charge in [0.25, 0.3) is 0 Å². The molecule has 7 heteroatoms. The molecule has 21 heavy (non-hydrogen) atoms. The second-order valence-corrected chi connectivity index (χ2v) is 6.06. The zero-order valence-corrected chi connectivity index (χ0v) is 12.4. The van der Waals surface area contributed by atoms with Gasteiger partial charge < -0.3 is 9.15 Å². The number of Topliss-reactive ketones (excluding diaryl/α,β-unsaturated/α-hetero) is 1. The Morgan fingerprint density at radius 3 is 2.67 bits per heavy atom. The maximum Gasteiger partial charge on any atom is 0.244 e. The van der Waals surface area contributed by atoms with Crippen molar-refractivity contribution in [2.24, 2.45) is 0 Å². The van der Waals surface area contributed by atoms with Crippen LogP contribution < -0.4 is 9.46 Å². The van der Waals surface area contributed by atoms with Crippen molar-refractivity contribution in [3.8, 4) is 5.75 Å². The maximum absolute atomic E-state index is 12.3. The van der Waals surface area contributed by atoms with E-state index in [1.54, 1.807) is 12.1 Å². The molecule has 0 aliphatic rings. The lowest BCUT2D eigenvalue weighted by molar-refractivity contribution is 0.101. The molecule has 0 saturated heterocycles. The molecule has 0 spiro atoms. The Hall–Kier alpha value is -2.12. The van der Waals surface area contributed by atoms with Crippen molar-refractivity contribution in [1.29, 1.82) is 0 Å². The zero-order valence-electron chi connectivity index (χ0n) is 11.6. The first-order chi connectivity index (χ1) is 9.94. The Labute approximate surface area is 122 Å². The van der Waals surface area contributed by atoms with Gasteiger partial charge in [0.1, 0.15) is 16.4 Å². The van der Waals surface area contributed by atoms with Gasteiger partial charge in [-0.1, -0.05) is 0 Å². The standard InChI is InChI=1S/C14H15NO5S/c1-10(16)11-5-6-13(19-2)14(8-11)21(17,18)15-9-12-4-3-7-20-12/h3-8,15H,9H2,1-2H3. The summed E-state index contributed by atoms with van der Waals surface area (Å²) in [7, 11) is -2.45. The molecule has 0 aliphatic heterocycles. The number of carbonyl (C=O) groups is 1. The van der Waals surface area contributed by atoms with Crippen molar-refractivity contribution < 1.29 is 22.4 Å². The average Bonchev–Trinajstić information content (AvgIpc) is 2.98. The second-order valence-electron chi connectivity index (χ2n) is 4.33. The molecule has 112 valence electrons. The van der Waals surface area contributed by atoms with E-state index in [0.717, 1.165) is 0 Å². The first-order valence-corrected chi connectivity index (χ1v) is 7.63. The van der Waals surface area contributed by atoms with Crippen LogP contribution in [0.25, 0.3) is 0 Å². The molecule has 2 rings (SSSR count). The van der Waals surface area contributed by atoms with Crippen molar-refractivity contribution in [1.82, 2.24) is 4.72 Å². The molecule has 2 aromatic rings. The molecular weight excluding hydrogens is 294 g/mol. The largest absolute Gasteiger partial charge is 0.495 e. The minimum Gasteiger partial charge on any atom is -0.495 e. The predicted molar refractivity (Wildman–Crippen MR) is 75.7 cm³/mol. The lowest BCUT2D eigenvalue weighted by Crippen LogP contribution is -2.23. The minimum absolute atomic E-state index is 0.0167. The number of benzene rings is 1. The Balaban J connectivity index is 2.33. The normalized spacial score (nSPS) is 11.3. The summed E-state index contributed by atoms with van der Waals surface area (Å²) in [5, 5.41) is 0. The summed E-state index contributed by atoms with van der Waals surface area (Å²) in [5.74, 6) is 0.437. The molecule has 0 amide bonds. The molecule has 6 nitrogen and oxygen atoms in total. The highest BCUT2D eigenvalue weighted by molar-refractivity contribution is 7.89. The van der Waals surface area contributed by atoms with Gasteiger partial charge in [0.05, 0.1) is 19.9 Å². The fraction of sp³-hybridized carbons (Fsp3) is 0.214. The lowest BCUT2D eigenvalue weighted by Gasteiger charge is -2.11. The van der Waals surface area contributed by atoms with Gasteiger partial charge in [-0.15, -0.1) is 0 Å². The van der Waals surface area contributed by atoms with Crippen LogP contribution in [0.3, 0.4) is 0 Å². The summed E-state index contributed by atoms with van der Waals surface area (Å²) >= 11 is 0. The van der Waals surface area contributed by atoms with E-state index in [-0.39, 0.29) is 23.0 Å². The number of furan rings is 1. The molecule has 0 bridgehead atoms. The zero-order chi connectivity index (χ0) is 15.5. The van der Waals surface area contributed by atoms with Crippen molar-refractivity contribution in [2.45, 2.75) is 18.4 Å². The Kier molecular flexibility index (Phi) is 4.44. The van der Waals surface area contributed by atoms with E-state index < -0.39 is 10.0 Å². The SMILES string of the molecule is COc1ccc(C(C)=O)cc1S(=O)(=O)NCc1ccco1. The van der Waals surface area contributed by atoms with Gasteiger partial charge in [-0.25, -0.2) is 13.1 Å². The Morgan fingerprint density at radius 1 is 1.33 bits per heavy atom. The lowest BCUT2D eigenvalue weighted by atomic mass is 10.1.